The van der Waals surface area contributed by atoms with Gasteiger partial charge >= 0.3 is 0 Å². The molecule has 118 valence electrons. The van der Waals surface area contributed by atoms with E-state index in [9.17, 15) is 13.5 Å². The molecule has 0 amide bonds. The van der Waals surface area contributed by atoms with Gasteiger partial charge in [0.15, 0.2) is 0 Å². The Kier molecular flexibility index (Phi) is 4.76. The summed E-state index contributed by atoms with van der Waals surface area (Å²) in [5, 5.41) is 9.44. The largest absolute Gasteiger partial charge is 0.508 e. The number of aromatic hydroxyl groups is 1. The van der Waals surface area contributed by atoms with Crippen LogP contribution in [-0.4, -0.2) is 20.1 Å². The van der Waals surface area contributed by atoms with Crippen LogP contribution in [-0.2, 0) is 9.84 Å². The van der Waals surface area contributed by atoms with E-state index in [1.54, 1.807) is 32.0 Å². The fourth-order valence-electron chi connectivity index (χ4n) is 2.29. The molecular formula is C17H20O4S. The van der Waals surface area contributed by atoms with E-state index in [0.717, 1.165) is 6.42 Å². The SMILES string of the molecule is CCCOc1ccc(S(=O)(=O)c2ccc(O)cc2C)c(C)c1. The zero-order valence-corrected chi connectivity index (χ0v) is 13.8. The molecule has 0 fully saturated rings. The van der Waals surface area contributed by atoms with E-state index in [2.05, 4.69) is 0 Å². The van der Waals surface area contributed by atoms with Gasteiger partial charge in [-0.2, -0.15) is 0 Å². The number of sulfone groups is 1. The first-order chi connectivity index (χ1) is 10.4. The van der Waals surface area contributed by atoms with Crippen LogP contribution >= 0.6 is 0 Å². The van der Waals surface area contributed by atoms with Crippen molar-refractivity contribution in [3.8, 4) is 11.5 Å². The summed E-state index contributed by atoms with van der Waals surface area (Å²) in [6, 6.07) is 9.24. The van der Waals surface area contributed by atoms with Crippen LogP contribution in [0, 0.1) is 13.8 Å². The van der Waals surface area contributed by atoms with E-state index in [1.165, 1.54) is 18.2 Å². The summed E-state index contributed by atoms with van der Waals surface area (Å²) in [7, 11) is -3.62. The van der Waals surface area contributed by atoms with Crippen LogP contribution in [0.4, 0.5) is 0 Å². The summed E-state index contributed by atoms with van der Waals surface area (Å²) >= 11 is 0. The Hall–Kier alpha value is -2.01. The number of phenols is 1. The zero-order chi connectivity index (χ0) is 16.3. The minimum absolute atomic E-state index is 0.0523. The Morgan fingerprint density at radius 1 is 1.00 bits per heavy atom. The molecule has 0 bridgehead atoms. The van der Waals surface area contributed by atoms with Gasteiger partial charge in [-0.1, -0.05) is 6.92 Å². The molecule has 4 nitrogen and oxygen atoms in total. The van der Waals surface area contributed by atoms with Gasteiger partial charge in [0.05, 0.1) is 16.4 Å². The molecule has 0 aliphatic heterocycles. The fraction of sp³-hybridized carbons (Fsp3) is 0.294. The summed E-state index contributed by atoms with van der Waals surface area (Å²) in [6.45, 7) is 6.03. The third-order valence-corrected chi connectivity index (χ3v) is 5.43. The summed E-state index contributed by atoms with van der Waals surface area (Å²) in [4.78, 5) is 0.459. The maximum absolute atomic E-state index is 12.8. The van der Waals surface area contributed by atoms with Crippen LogP contribution in [0.15, 0.2) is 46.2 Å². The number of aryl methyl sites for hydroxylation is 2. The summed E-state index contributed by atoms with van der Waals surface area (Å²) in [6.07, 6.45) is 0.895. The van der Waals surface area contributed by atoms with Gasteiger partial charge in [0.1, 0.15) is 11.5 Å². The Labute approximate surface area is 131 Å². The molecule has 0 aromatic heterocycles. The number of phenolic OH excluding ortho intramolecular Hbond substituents is 1. The minimum Gasteiger partial charge on any atom is -0.508 e. The smallest absolute Gasteiger partial charge is 0.207 e. The van der Waals surface area contributed by atoms with Gasteiger partial charge in [-0.3, -0.25) is 0 Å². The van der Waals surface area contributed by atoms with Crippen molar-refractivity contribution in [2.45, 2.75) is 37.0 Å². The van der Waals surface area contributed by atoms with E-state index >= 15 is 0 Å². The molecule has 2 aromatic rings. The molecule has 0 unspecified atom stereocenters. The first-order valence-corrected chi connectivity index (χ1v) is 8.62. The molecule has 2 aromatic carbocycles. The lowest BCUT2D eigenvalue weighted by Crippen LogP contribution is -2.06. The van der Waals surface area contributed by atoms with E-state index in [4.69, 9.17) is 4.74 Å². The van der Waals surface area contributed by atoms with Crippen molar-refractivity contribution >= 4 is 9.84 Å². The molecular weight excluding hydrogens is 300 g/mol. The maximum Gasteiger partial charge on any atom is 0.207 e. The number of hydrogen-bond acceptors (Lipinski definition) is 4. The lowest BCUT2D eigenvalue weighted by molar-refractivity contribution is 0.317. The zero-order valence-electron chi connectivity index (χ0n) is 13.0. The average molecular weight is 320 g/mol. The molecule has 1 N–H and O–H groups in total. The molecule has 5 heteroatoms. The van der Waals surface area contributed by atoms with Gasteiger partial charge in [-0.25, -0.2) is 8.42 Å². The van der Waals surface area contributed by atoms with Crippen molar-refractivity contribution in [1.82, 2.24) is 0 Å². The molecule has 0 saturated carbocycles. The number of rotatable bonds is 5. The Balaban J connectivity index is 2.45. The average Bonchev–Trinajstić information content (AvgIpc) is 2.44. The van der Waals surface area contributed by atoms with E-state index in [1.807, 2.05) is 6.92 Å². The second-order valence-electron chi connectivity index (χ2n) is 5.23. The highest BCUT2D eigenvalue weighted by Gasteiger charge is 2.22. The normalized spacial score (nSPS) is 11.4. The quantitative estimate of drug-likeness (QED) is 0.913. The first kappa shape index (κ1) is 16.4. The molecule has 0 radical (unpaired) electrons. The van der Waals surface area contributed by atoms with E-state index < -0.39 is 9.84 Å². The second-order valence-corrected chi connectivity index (χ2v) is 7.12. The van der Waals surface area contributed by atoms with Crippen molar-refractivity contribution in [2.24, 2.45) is 0 Å². The van der Waals surface area contributed by atoms with E-state index in [-0.39, 0.29) is 15.5 Å². The van der Waals surface area contributed by atoms with Crippen LogP contribution in [0.1, 0.15) is 24.5 Å². The van der Waals surface area contributed by atoms with Crippen molar-refractivity contribution < 1.29 is 18.3 Å². The third-order valence-electron chi connectivity index (χ3n) is 3.36. The van der Waals surface area contributed by atoms with Crippen LogP contribution in [0.3, 0.4) is 0 Å². The maximum atomic E-state index is 12.8. The molecule has 0 heterocycles. The number of ether oxygens (including phenoxy) is 1. The second kappa shape index (κ2) is 6.40. The Bertz CT molecular complexity index is 779. The highest BCUT2D eigenvalue weighted by atomic mass is 32.2. The molecule has 2 rings (SSSR count). The third kappa shape index (κ3) is 3.25. The van der Waals surface area contributed by atoms with Crippen LogP contribution < -0.4 is 4.74 Å². The predicted octanol–water partition coefficient (Wildman–Crippen LogP) is 3.63. The van der Waals surface area contributed by atoms with Crippen molar-refractivity contribution in [1.29, 1.82) is 0 Å². The molecule has 0 aliphatic carbocycles. The summed E-state index contributed by atoms with van der Waals surface area (Å²) < 4.78 is 31.1. The monoisotopic (exact) mass is 320 g/mol. The van der Waals surface area contributed by atoms with Gasteiger partial charge in [0.2, 0.25) is 9.84 Å². The Morgan fingerprint density at radius 3 is 2.14 bits per heavy atom. The Morgan fingerprint density at radius 2 is 1.59 bits per heavy atom. The highest BCUT2D eigenvalue weighted by Crippen LogP contribution is 2.30. The lowest BCUT2D eigenvalue weighted by Gasteiger charge is -2.12. The van der Waals surface area contributed by atoms with Crippen molar-refractivity contribution in [3.63, 3.8) is 0 Å². The van der Waals surface area contributed by atoms with Crippen molar-refractivity contribution in [3.05, 3.63) is 47.5 Å². The predicted molar refractivity (Wildman–Crippen MR) is 85.3 cm³/mol. The van der Waals surface area contributed by atoms with Crippen LogP contribution in [0.2, 0.25) is 0 Å². The van der Waals surface area contributed by atoms with Crippen LogP contribution in [0.5, 0.6) is 11.5 Å². The minimum atomic E-state index is -3.62. The molecule has 0 atom stereocenters. The first-order valence-electron chi connectivity index (χ1n) is 7.14. The molecule has 0 spiro atoms. The molecule has 0 saturated heterocycles. The van der Waals surface area contributed by atoms with E-state index in [0.29, 0.717) is 23.5 Å². The summed E-state index contributed by atoms with van der Waals surface area (Å²) in [5.41, 5.74) is 1.16. The van der Waals surface area contributed by atoms with Gasteiger partial charge in [0, 0.05) is 0 Å². The van der Waals surface area contributed by atoms with Gasteiger partial charge < -0.3 is 9.84 Å². The van der Waals surface area contributed by atoms with Crippen LogP contribution in [0.25, 0.3) is 0 Å². The highest BCUT2D eigenvalue weighted by molar-refractivity contribution is 7.91. The molecule has 0 aliphatic rings. The lowest BCUT2D eigenvalue weighted by atomic mass is 10.2. The van der Waals surface area contributed by atoms with Crippen molar-refractivity contribution in [2.75, 3.05) is 6.61 Å². The number of hydrogen-bond donors (Lipinski definition) is 1. The topological polar surface area (TPSA) is 63.6 Å². The number of benzene rings is 2. The van der Waals surface area contributed by atoms with Gasteiger partial charge in [-0.05, 0) is 67.8 Å². The fourth-order valence-corrected chi connectivity index (χ4v) is 3.98. The standard InChI is InChI=1S/C17H20O4S/c1-4-9-21-15-6-8-17(13(3)11-15)22(19,20)16-7-5-14(18)10-12(16)2/h5-8,10-11,18H,4,9H2,1-3H3. The molecule has 22 heavy (non-hydrogen) atoms. The van der Waals surface area contributed by atoms with Gasteiger partial charge in [0.25, 0.3) is 0 Å². The van der Waals surface area contributed by atoms with Gasteiger partial charge in [-0.15, -0.1) is 0 Å². The summed E-state index contributed by atoms with van der Waals surface area (Å²) in [5.74, 6) is 0.720.